The lowest BCUT2D eigenvalue weighted by molar-refractivity contribution is 0.526. The summed E-state index contributed by atoms with van der Waals surface area (Å²) in [6, 6.07) is -0.250. The number of nitrogens with two attached hydrogens (primary N) is 1. The maximum Gasteiger partial charge on any atom is 0.302 e. The van der Waals surface area contributed by atoms with Crippen LogP contribution in [0.2, 0.25) is 0 Å². The van der Waals surface area contributed by atoms with Crippen LogP contribution in [0.3, 0.4) is 0 Å². The van der Waals surface area contributed by atoms with Crippen LogP contribution in [0.4, 0.5) is 5.13 Å². The van der Waals surface area contributed by atoms with E-state index in [-0.39, 0.29) is 11.2 Å². The summed E-state index contributed by atoms with van der Waals surface area (Å²) in [6.45, 7) is 1.75. The molecule has 86 valence electrons. The number of rotatable bonds is 4. The molecule has 0 aromatic carbocycles. The third kappa shape index (κ3) is 3.09. The van der Waals surface area contributed by atoms with Gasteiger partial charge >= 0.3 is 10.2 Å². The van der Waals surface area contributed by atoms with Gasteiger partial charge in [-0.3, -0.25) is 0 Å². The summed E-state index contributed by atoms with van der Waals surface area (Å²) in [5.74, 6) is 0. The van der Waals surface area contributed by atoms with Crippen molar-refractivity contribution in [1.82, 2.24) is 14.5 Å². The van der Waals surface area contributed by atoms with Gasteiger partial charge < -0.3 is 5.73 Å². The summed E-state index contributed by atoms with van der Waals surface area (Å²) in [4.78, 5) is 0. The quantitative estimate of drug-likeness (QED) is 0.770. The summed E-state index contributed by atoms with van der Waals surface area (Å²) >= 11 is 1.12. The second-order valence-electron chi connectivity index (χ2n) is 3.12. The van der Waals surface area contributed by atoms with Crippen LogP contribution in [0.25, 0.3) is 0 Å². The summed E-state index contributed by atoms with van der Waals surface area (Å²) < 4.78 is 26.1. The highest BCUT2D eigenvalue weighted by Gasteiger charge is 2.16. The van der Waals surface area contributed by atoms with Crippen LogP contribution in [-0.2, 0) is 10.2 Å². The summed E-state index contributed by atoms with van der Waals surface area (Å²) in [5, 5.41) is 8.24. The number of nitrogens with zero attached hydrogens (tertiary/aromatic N) is 3. The fourth-order valence-corrected chi connectivity index (χ4v) is 2.14. The minimum absolute atomic E-state index is 0.219. The van der Waals surface area contributed by atoms with Crippen molar-refractivity contribution in [3.8, 4) is 0 Å². The van der Waals surface area contributed by atoms with Gasteiger partial charge in [-0.05, 0) is 6.92 Å². The largest absolute Gasteiger partial charge is 0.322 e. The first-order valence-electron chi connectivity index (χ1n) is 4.12. The van der Waals surface area contributed by atoms with Crippen molar-refractivity contribution in [1.29, 1.82) is 0 Å². The SMILES string of the molecule is CC(N)c1nnc(NS(=O)(=O)N(C)C)s1. The van der Waals surface area contributed by atoms with E-state index >= 15 is 0 Å². The molecule has 1 unspecified atom stereocenters. The fraction of sp³-hybridized carbons (Fsp3) is 0.667. The number of anilines is 1. The zero-order valence-corrected chi connectivity index (χ0v) is 10.3. The van der Waals surface area contributed by atoms with Crippen LogP contribution in [0.15, 0.2) is 0 Å². The van der Waals surface area contributed by atoms with Gasteiger partial charge in [0.05, 0.1) is 6.04 Å². The molecule has 0 saturated carbocycles. The van der Waals surface area contributed by atoms with Crippen molar-refractivity contribution < 1.29 is 8.42 Å². The summed E-state index contributed by atoms with van der Waals surface area (Å²) in [5.41, 5.74) is 5.57. The summed E-state index contributed by atoms with van der Waals surface area (Å²) in [6.07, 6.45) is 0. The minimum atomic E-state index is -3.51. The monoisotopic (exact) mass is 251 g/mol. The van der Waals surface area contributed by atoms with Gasteiger partial charge in [0.25, 0.3) is 0 Å². The van der Waals surface area contributed by atoms with Crippen LogP contribution >= 0.6 is 11.3 Å². The van der Waals surface area contributed by atoms with Crippen LogP contribution in [0.1, 0.15) is 18.0 Å². The van der Waals surface area contributed by atoms with Gasteiger partial charge in [0.15, 0.2) is 0 Å². The predicted octanol–water partition coefficient (Wildman–Crippen LogP) is -0.224. The maximum atomic E-state index is 11.4. The van der Waals surface area contributed by atoms with E-state index in [0.717, 1.165) is 15.6 Å². The average Bonchev–Trinajstić information content (AvgIpc) is 2.51. The number of hydrogen-bond donors (Lipinski definition) is 2. The first kappa shape index (κ1) is 12.3. The lowest BCUT2D eigenvalue weighted by Gasteiger charge is -2.10. The zero-order valence-electron chi connectivity index (χ0n) is 8.63. The first-order valence-corrected chi connectivity index (χ1v) is 6.38. The molecule has 0 spiro atoms. The molecule has 0 aliphatic heterocycles. The predicted molar refractivity (Wildman–Crippen MR) is 58.7 cm³/mol. The zero-order chi connectivity index (χ0) is 11.6. The standard InChI is InChI=1S/C6H13N5O2S2/c1-4(7)5-8-9-6(14-5)10-15(12,13)11(2)3/h4H,7H2,1-3H3,(H,9,10). The molecule has 0 fully saturated rings. The van der Waals surface area contributed by atoms with Gasteiger partial charge in [-0.2, -0.15) is 12.7 Å². The molecule has 0 radical (unpaired) electrons. The molecular weight excluding hydrogens is 238 g/mol. The Morgan fingerprint density at radius 1 is 1.47 bits per heavy atom. The van der Waals surface area contributed by atoms with E-state index in [0.29, 0.717) is 5.01 Å². The topological polar surface area (TPSA) is 101 Å². The number of hydrogen-bond acceptors (Lipinski definition) is 6. The minimum Gasteiger partial charge on any atom is -0.322 e. The molecule has 1 aromatic heterocycles. The second-order valence-corrected chi connectivity index (χ2v) is 6.02. The maximum absolute atomic E-state index is 11.4. The molecule has 1 atom stereocenters. The Kier molecular flexibility index (Phi) is 3.60. The fourth-order valence-electron chi connectivity index (χ4n) is 0.661. The molecule has 0 aliphatic rings. The van der Waals surface area contributed by atoms with Crippen molar-refractivity contribution >= 4 is 26.7 Å². The molecule has 1 heterocycles. The molecule has 15 heavy (non-hydrogen) atoms. The Bertz CT molecular complexity index is 424. The lowest BCUT2D eigenvalue weighted by atomic mass is 10.4. The van der Waals surface area contributed by atoms with Crippen molar-refractivity contribution in [3.05, 3.63) is 5.01 Å². The molecule has 0 aliphatic carbocycles. The molecule has 3 N–H and O–H groups in total. The highest BCUT2D eigenvalue weighted by molar-refractivity contribution is 7.90. The molecule has 1 rings (SSSR count). The van der Waals surface area contributed by atoms with E-state index in [1.54, 1.807) is 6.92 Å². The van der Waals surface area contributed by atoms with Gasteiger partial charge in [-0.1, -0.05) is 11.3 Å². The molecule has 1 aromatic rings. The Morgan fingerprint density at radius 2 is 2.07 bits per heavy atom. The average molecular weight is 251 g/mol. The van der Waals surface area contributed by atoms with Gasteiger partial charge in [0.2, 0.25) is 5.13 Å². The van der Waals surface area contributed by atoms with Crippen molar-refractivity contribution in [2.45, 2.75) is 13.0 Å². The smallest absolute Gasteiger partial charge is 0.302 e. The van der Waals surface area contributed by atoms with E-state index in [4.69, 9.17) is 5.73 Å². The van der Waals surface area contributed by atoms with Crippen LogP contribution in [0, 0.1) is 0 Å². The third-order valence-electron chi connectivity index (χ3n) is 1.53. The molecular formula is C6H13N5O2S2. The van der Waals surface area contributed by atoms with E-state index in [1.165, 1.54) is 14.1 Å². The lowest BCUT2D eigenvalue weighted by Crippen LogP contribution is -2.28. The van der Waals surface area contributed by atoms with E-state index in [1.807, 2.05) is 0 Å². The van der Waals surface area contributed by atoms with Gasteiger partial charge in [-0.15, -0.1) is 10.2 Å². The number of nitrogens with one attached hydrogen (secondary N) is 1. The van der Waals surface area contributed by atoms with Crippen LogP contribution in [-0.4, -0.2) is 37.0 Å². The molecule has 0 bridgehead atoms. The van der Waals surface area contributed by atoms with Crippen molar-refractivity contribution in [2.24, 2.45) is 5.73 Å². The molecule has 0 amide bonds. The first-order chi connectivity index (χ1) is 6.83. The van der Waals surface area contributed by atoms with Crippen LogP contribution < -0.4 is 10.5 Å². The molecule has 9 heteroatoms. The van der Waals surface area contributed by atoms with E-state index in [9.17, 15) is 8.42 Å². The molecule has 7 nitrogen and oxygen atoms in total. The van der Waals surface area contributed by atoms with Crippen molar-refractivity contribution in [2.75, 3.05) is 18.8 Å². The number of aromatic nitrogens is 2. The Morgan fingerprint density at radius 3 is 2.47 bits per heavy atom. The van der Waals surface area contributed by atoms with Gasteiger partial charge in [-0.25, -0.2) is 4.72 Å². The van der Waals surface area contributed by atoms with E-state index in [2.05, 4.69) is 14.9 Å². The van der Waals surface area contributed by atoms with E-state index < -0.39 is 10.2 Å². The Balaban J connectivity index is 2.82. The van der Waals surface area contributed by atoms with Gasteiger partial charge in [0.1, 0.15) is 5.01 Å². The van der Waals surface area contributed by atoms with Crippen molar-refractivity contribution in [3.63, 3.8) is 0 Å². The van der Waals surface area contributed by atoms with Crippen LogP contribution in [0.5, 0.6) is 0 Å². The molecule has 0 saturated heterocycles. The van der Waals surface area contributed by atoms with Gasteiger partial charge in [0, 0.05) is 14.1 Å². The normalized spacial score (nSPS) is 14.2. The third-order valence-corrected chi connectivity index (χ3v) is 4.11. The second kappa shape index (κ2) is 4.39. The Hall–Kier alpha value is -0.770. The Labute approximate surface area is 92.5 Å². The summed E-state index contributed by atoms with van der Waals surface area (Å²) in [7, 11) is -0.660. The highest BCUT2D eigenvalue weighted by Crippen LogP contribution is 2.20. The highest BCUT2D eigenvalue weighted by atomic mass is 32.2.